The quantitative estimate of drug-likeness (QED) is 0.664. The monoisotopic (exact) mass is 342 g/mol. The second-order valence-corrected chi connectivity index (χ2v) is 6.25. The molecule has 0 unspecified atom stereocenters. The van der Waals surface area contributed by atoms with Crippen LogP contribution in [0.25, 0.3) is 4.96 Å². The van der Waals surface area contributed by atoms with E-state index in [1.165, 1.54) is 27.9 Å². The summed E-state index contributed by atoms with van der Waals surface area (Å²) in [6.07, 6.45) is -3.32. The van der Waals surface area contributed by atoms with Crippen molar-refractivity contribution in [3.63, 3.8) is 0 Å². The predicted octanol–water partition coefficient (Wildman–Crippen LogP) is 3.81. The summed E-state index contributed by atoms with van der Waals surface area (Å²) in [6, 6.07) is 4.29. The van der Waals surface area contributed by atoms with Gasteiger partial charge >= 0.3 is 6.18 Å². The van der Waals surface area contributed by atoms with Gasteiger partial charge in [-0.2, -0.15) is 13.2 Å². The van der Waals surface area contributed by atoms with E-state index in [1.54, 1.807) is 6.20 Å². The molecular formula is C15H10F4N2OS. The summed E-state index contributed by atoms with van der Waals surface area (Å²) in [6.45, 7) is 1.81. The van der Waals surface area contributed by atoms with Gasteiger partial charge in [0, 0.05) is 23.6 Å². The van der Waals surface area contributed by atoms with E-state index in [1.807, 2.05) is 6.92 Å². The highest BCUT2D eigenvalue weighted by molar-refractivity contribution is 7.16. The van der Waals surface area contributed by atoms with Gasteiger partial charge in [-0.15, -0.1) is 11.3 Å². The highest BCUT2D eigenvalue weighted by Crippen LogP contribution is 2.32. The summed E-state index contributed by atoms with van der Waals surface area (Å²) in [4.78, 5) is 17.5. The van der Waals surface area contributed by atoms with Crippen LogP contribution < -0.4 is 5.56 Å². The average molecular weight is 342 g/mol. The number of thiazole rings is 1. The fraction of sp³-hybridized carbons (Fsp3) is 0.200. The van der Waals surface area contributed by atoms with Crippen LogP contribution in [0.5, 0.6) is 0 Å². The van der Waals surface area contributed by atoms with Gasteiger partial charge in [-0.25, -0.2) is 9.37 Å². The lowest BCUT2D eigenvalue weighted by Gasteiger charge is -2.11. The molecule has 0 amide bonds. The second-order valence-electron chi connectivity index (χ2n) is 5.03. The number of benzene rings is 1. The Morgan fingerprint density at radius 1 is 1.30 bits per heavy atom. The van der Waals surface area contributed by atoms with Crippen LogP contribution in [0.1, 0.15) is 21.7 Å². The molecule has 2 aromatic heterocycles. The zero-order valence-electron chi connectivity index (χ0n) is 11.8. The number of aryl methyl sites for hydroxylation is 1. The number of hydrogen-bond acceptors (Lipinski definition) is 3. The van der Waals surface area contributed by atoms with Gasteiger partial charge in [-0.05, 0) is 18.6 Å². The smallest absolute Gasteiger partial charge is 0.269 e. The zero-order chi connectivity index (χ0) is 16.8. The Bertz CT molecular complexity index is 943. The van der Waals surface area contributed by atoms with Crippen LogP contribution in [0.15, 0.2) is 35.3 Å². The van der Waals surface area contributed by atoms with Gasteiger partial charge in [0.2, 0.25) is 0 Å². The fourth-order valence-corrected chi connectivity index (χ4v) is 3.13. The summed E-state index contributed by atoms with van der Waals surface area (Å²) < 4.78 is 53.6. The fourth-order valence-electron chi connectivity index (χ4n) is 2.28. The minimum atomic E-state index is -4.76. The van der Waals surface area contributed by atoms with Crippen molar-refractivity contribution in [2.24, 2.45) is 0 Å². The van der Waals surface area contributed by atoms with Gasteiger partial charge in [0.15, 0.2) is 4.96 Å². The van der Waals surface area contributed by atoms with Gasteiger partial charge in [0.05, 0.1) is 11.3 Å². The molecule has 1 aromatic carbocycles. The maximum atomic E-state index is 14.0. The average Bonchev–Trinajstić information content (AvgIpc) is 2.81. The summed E-state index contributed by atoms with van der Waals surface area (Å²) >= 11 is 1.28. The van der Waals surface area contributed by atoms with Crippen molar-refractivity contribution in [3.8, 4) is 0 Å². The summed E-state index contributed by atoms with van der Waals surface area (Å²) in [5.74, 6) is -1.33. The Morgan fingerprint density at radius 2 is 2.04 bits per heavy atom. The van der Waals surface area contributed by atoms with Crippen molar-refractivity contribution in [1.82, 2.24) is 9.38 Å². The molecule has 0 aliphatic heterocycles. The van der Waals surface area contributed by atoms with Crippen molar-refractivity contribution in [1.29, 1.82) is 0 Å². The SMILES string of the molecule is Cc1cn2c(=O)cc(Cc3cccc(C(F)(F)F)c3F)nc2s1. The number of aromatic nitrogens is 2. The molecule has 0 spiro atoms. The first-order valence-electron chi connectivity index (χ1n) is 6.59. The van der Waals surface area contributed by atoms with Crippen LogP contribution in [0.3, 0.4) is 0 Å². The van der Waals surface area contributed by atoms with Crippen molar-refractivity contribution >= 4 is 16.3 Å². The molecule has 3 aromatic rings. The van der Waals surface area contributed by atoms with Gasteiger partial charge in [-0.3, -0.25) is 9.20 Å². The van der Waals surface area contributed by atoms with E-state index in [9.17, 15) is 22.4 Å². The van der Waals surface area contributed by atoms with Gasteiger partial charge in [-0.1, -0.05) is 12.1 Å². The minimum absolute atomic E-state index is 0.149. The van der Waals surface area contributed by atoms with Gasteiger partial charge in [0.1, 0.15) is 5.82 Å². The van der Waals surface area contributed by atoms with Gasteiger partial charge < -0.3 is 0 Å². The molecule has 2 heterocycles. The Morgan fingerprint density at radius 3 is 2.74 bits per heavy atom. The molecule has 120 valence electrons. The van der Waals surface area contributed by atoms with E-state index in [-0.39, 0.29) is 23.2 Å². The first kappa shape index (κ1) is 15.7. The van der Waals surface area contributed by atoms with Crippen LogP contribution in [-0.2, 0) is 12.6 Å². The molecule has 0 atom stereocenters. The van der Waals surface area contributed by atoms with Crippen molar-refractivity contribution < 1.29 is 17.6 Å². The number of fused-ring (bicyclic) bond motifs is 1. The van der Waals surface area contributed by atoms with E-state index in [2.05, 4.69) is 4.98 Å². The standard InChI is InChI=1S/C15H10F4N2OS/c1-8-7-21-12(22)6-10(20-14(21)23-8)5-9-3-2-4-11(13(9)16)15(17,18)19/h2-4,6-7H,5H2,1H3. The molecule has 0 N–H and O–H groups in total. The van der Waals surface area contributed by atoms with E-state index in [4.69, 9.17) is 0 Å². The number of rotatable bonds is 2. The van der Waals surface area contributed by atoms with E-state index in [0.717, 1.165) is 10.9 Å². The molecule has 3 rings (SSSR count). The Kier molecular flexibility index (Phi) is 3.71. The van der Waals surface area contributed by atoms with Crippen LogP contribution >= 0.6 is 11.3 Å². The Balaban J connectivity index is 2.04. The van der Waals surface area contributed by atoms with Crippen LogP contribution in [0.4, 0.5) is 17.6 Å². The zero-order valence-corrected chi connectivity index (χ0v) is 12.6. The van der Waals surface area contributed by atoms with Crippen LogP contribution in [0.2, 0.25) is 0 Å². The molecule has 8 heteroatoms. The van der Waals surface area contributed by atoms with Crippen molar-refractivity contribution in [3.05, 3.63) is 68.3 Å². The lowest BCUT2D eigenvalue weighted by atomic mass is 10.0. The number of nitrogens with zero attached hydrogens (tertiary/aromatic N) is 2. The highest BCUT2D eigenvalue weighted by atomic mass is 32.1. The van der Waals surface area contributed by atoms with Crippen molar-refractivity contribution in [2.75, 3.05) is 0 Å². The summed E-state index contributed by atoms with van der Waals surface area (Å²) in [5, 5.41) is 0. The van der Waals surface area contributed by atoms with Crippen molar-refractivity contribution in [2.45, 2.75) is 19.5 Å². The third-order valence-electron chi connectivity index (χ3n) is 3.29. The molecule has 3 nitrogen and oxygen atoms in total. The van der Waals surface area contributed by atoms with Gasteiger partial charge in [0.25, 0.3) is 5.56 Å². The first-order chi connectivity index (χ1) is 10.8. The maximum absolute atomic E-state index is 14.0. The molecule has 0 bridgehead atoms. The predicted molar refractivity (Wildman–Crippen MR) is 78.3 cm³/mol. The number of halogens is 4. The highest BCUT2D eigenvalue weighted by Gasteiger charge is 2.34. The van der Waals surface area contributed by atoms with E-state index < -0.39 is 17.6 Å². The molecule has 0 aliphatic carbocycles. The largest absolute Gasteiger partial charge is 0.419 e. The molecule has 0 aliphatic rings. The molecule has 0 saturated heterocycles. The maximum Gasteiger partial charge on any atom is 0.419 e. The molecular weight excluding hydrogens is 332 g/mol. The molecule has 0 fully saturated rings. The molecule has 0 radical (unpaired) electrons. The first-order valence-corrected chi connectivity index (χ1v) is 7.40. The Labute approximate surface area is 131 Å². The normalized spacial score (nSPS) is 12.0. The third kappa shape index (κ3) is 2.98. The lowest BCUT2D eigenvalue weighted by Crippen LogP contribution is -2.14. The van der Waals surface area contributed by atoms with E-state index >= 15 is 0 Å². The Hall–Kier alpha value is -2.22. The van der Waals surface area contributed by atoms with Crippen LogP contribution in [-0.4, -0.2) is 9.38 Å². The summed E-state index contributed by atoms with van der Waals surface area (Å²) in [5.41, 5.74) is -1.58. The van der Waals surface area contributed by atoms with E-state index in [0.29, 0.717) is 11.0 Å². The van der Waals surface area contributed by atoms with Crippen LogP contribution in [0, 0.1) is 12.7 Å². The topological polar surface area (TPSA) is 34.4 Å². The molecule has 23 heavy (non-hydrogen) atoms. The number of hydrogen-bond donors (Lipinski definition) is 0. The summed E-state index contributed by atoms with van der Waals surface area (Å²) in [7, 11) is 0. The third-order valence-corrected chi connectivity index (χ3v) is 4.19. The molecule has 0 saturated carbocycles. The second kappa shape index (κ2) is 5.45. The minimum Gasteiger partial charge on any atom is -0.269 e. The number of alkyl halides is 3. The lowest BCUT2D eigenvalue weighted by molar-refractivity contribution is -0.140.